The molecule has 0 bridgehead atoms. The standard InChI is InChI=1S/C14H17Cl2N3O2/c15-9-1-2-10(20)11(12(9)16)14(3-4-17-7-14)13(21)19-8-5-18-6-8/h1-2,8,17-18,20H,3-7H2,(H,19,21). The third kappa shape index (κ3) is 2.48. The van der Waals surface area contributed by atoms with Gasteiger partial charge in [-0.15, -0.1) is 0 Å². The summed E-state index contributed by atoms with van der Waals surface area (Å²) in [5.41, 5.74) is -0.451. The Morgan fingerprint density at radius 2 is 2.10 bits per heavy atom. The number of aromatic hydroxyl groups is 1. The summed E-state index contributed by atoms with van der Waals surface area (Å²) in [6.45, 7) is 2.67. The van der Waals surface area contributed by atoms with Crippen molar-refractivity contribution in [2.24, 2.45) is 0 Å². The van der Waals surface area contributed by atoms with Gasteiger partial charge in [0.25, 0.3) is 0 Å². The molecule has 114 valence electrons. The molecule has 1 aromatic carbocycles. The van der Waals surface area contributed by atoms with Gasteiger partial charge in [-0.3, -0.25) is 4.79 Å². The zero-order chi connectivity index (χ0) is 15.0. The van der Waals surface area contributed by atoms with E-state index in [1.807, 2.05) is 0 Å². The van der Waals surface area contributed by atoms with Gasteiger partial charge in [0.2, 0.25) is 5.91 Å². The van der Waals surface area contributed by atoms with Crippen molar-refractivity contribution in [1.82, 2.24) is 16.0 Å². The molecule has 2 fully saturated rings. The third-order valence-corrected chi connectivity index (χ3v) is 5.06. The van der Waals surface area contributed by atoms with Crippen LogP contribution in [0.15, 0.2) is 12.1 Å². The van der Waals surface area contributed by atoms with Crippen LogP contribution in [0.4, 0.5) is 0 Å². The molecule has 0 saturated carbocycles. The minimum Gasteiger partial charge on any atom is -0.508 e. The number of phenols is 1. The predicted octanol–water partition coefficient (Wildman–Crippen LogP) is 1.02. The first kappa shape index (κ1) is 14.9. The molecule has 0 spiro atoms. The molecule has 0 radical (unpaired) electrons. The fourth-order valence-corrected chi connectivity index (χ4v) is 3.42. The number of nitrogens with one attached hydrogen (secondary N) is 3. The molecule has 5 nitrogen and oxygen atoms in total. The second-order valence-corrected chi connectivity index (χ2v) is 6.38. The van der Waals surface area contributed by atoms with Crippen LogP contribution in [0.25, 0.3) is 0 Å². The largest absolute Gasteiger partial charge is 0.508 e. The van der Waals surface area contributed by atoms with E-state index < -0.39 is 5.41 Å². The Kier molecular flexibility index (Phi) is 4.01. The molecule has 3 rings (SSSR count). The Balaban J connectivity index is 2.01. The van der Waals surface area contributed by atoms with Gasteiger partial charge < -0.3 is 21.1 Å². The molecule has 1 unspecified atom stereocenters. The van der Waals surface area contributed by atoms with Crippen LogP contribution in [0.1, 0.15) is 12.0 Å². The molecular formula is C14H17Cl2N3O2. The summed E-state index contributed by atoms with van der Waals surface area (Å²) in [7, 11) is 0. The second-order valence-electron chi connectivity index (χ2n) is 5.59. The van der Waals surface area contributed by atoms with Gasteiger partial charge in [0.05, 0.1) is 21.5 Å². The zero-order valence-electron chi connectivity index (χ0n) is 11.4. The lowest BCUT2D eigenvalue weighted by atomic mass is 9.77. The SMILES string of the molecule is O=C(NC1CNC1)C1(c2c(O)ccc(Cl)c2Cl)CCNC1. The molecule has 2 heterocycles. The summed E-state index contributed by atoms with van der Waals surface area (Å²) in [5, 5.41) is 20.1. The Bertz CT molecular complexity index is 570. The van der Waals surface area contributed by atoms with Crippen LogP contribution >= 0.6 is 23.2 Å². The minimum atomic E-state index is -0.873. The Labute approximate surface area is 133 Å². The Hall–Kier alpha value is -1.01. The topological polar surface area (TPSA) is 73.4 Å². The minimum absolute atomic E-state index is 0.00924. The molecule has 1 aromatic rings. The maximum atomic E-state index is 12.8. The normalized spacial score (nSPS) is 25.6. The van der Waals surface area contributed by atoms with Gasteiger partial charge in [-0.25, -0.2) is 0 Å². The highest BCUT2D eigenvalue weighted by Crippen LogP contribution is 2.44. The summed E-state index contributed by atoms with van der Waals surface area (Å²) in [5.74, 6) is -0.103. The van der Waals surface area contributed by atoms with E-state index in [4.69, 9.17) is 23.2 Å². The average Bonchev–Trinajstić information content (AvgIpc) is 2.89. The lowest BCUT2D eigenvalue weighted by molar-refractivity contribution is -0.127. The molecule has 1 amide bonds. The molecule has 0 aliphatic carbocycles. The summed E-state index contributed by atoms with van der Waals surface area (Å²) in [4.78, 5) is 12.8. The van der Waals surface area contributed by atoms with E-state index in [-0.39, 0.29) is 22.7 Å². The molecule has 2 aliphatic heterocycles. The van der Waals surface area contributed by atoms with Crippen LogP contribution in [-0.2, 0) is 10.2 Å². The number of halogens is 2. The number of phenolic OH excluding ortho intramolecular Hbond substituents is 1. The van der Waals surface area contributed by atoms with E-state index >= 15 is 0 Å². The number of hydrogen-bond acceptors (Lipinski definition) is 4. The van der Waals surface area contributed by atoms with Crippen molar-refractivity contribution >= 4 is 29.1 Å². The van der Waals surface area contributed by atoms with Crippen LogP contribution in [0, 0.1) is 0 Å². The van der Waals surface area contributed by atoms with Gasteiger partial charge in [-0.1, -0.05) is 23.2 Å². The first-order chi connectivity index (χ1) is 10.0. The number of rotatable bonds is 3. The first-order valence-corrected chi connectivity index (χ1v) is 7.70. The highest BCUT2D eigenvalue weighted by molar-refractivity contribution is 6.42. The van der Waals surface area contributed by atoms with Crippen molar-refractivity contribution in [3.63, 3.8) is 0 Å². The number of amides is 1. The molecule has 4 N–H and O–H groups in total. The molecule has 2 saturated heterocycles. The highest BCUT2D eigenvalue weighted by Gasteiger charge is 2.47. The van der Waals surface area contributed by atoms with Gasteiger partial charge >= 0.3 is 0 Å². The summed E-state index contributed by atoms with van der Waals surface area (Å²) < 4.78 is 0. The van der Waals surface area contributed by atoms with E-state index in [2.05, 4.69) is 16.0 Å². The van der Waals surface area contributed by atoms with Gasteiger partial charge in [0.15, 0.2) is 0 Å². The van der Waals surface area contributed by atoms with Gasteiger partial charge in [-0.05, 0) is 25.1 Å². The van der Waals surface area contributed by atoms with Crippen LogP contribution < -0.4 is 16.0 Å². The van der Waals surface area contributed by atoms with Crippen molar-refractivity contribution in [3.8, 4) is 5.75 Å². The number of carbonyl (C=O) groups excluding carboxylic acids is 1. The fourth-order valence-electron chi connectivity index (χ4n) is 2.92. The van der Waals surface area contributed by atoms with Crippen LogP contribution in [-0.4, -0.2) is 43.2 Å². The molecule has 2 aliphatic rings. The van der Waals surface area contributed by atoms with Crippen LogP contribution in [0.3, 0.4) is 0 Å². The van der Waals surface area contributed by atoms with Crippen LogP contribution in [0.2, 0.25) is 10.0 Å². The Morgan fingerprint density at radius 1 is 1.33 bits per heavy atom. The predicted molar refractivity (Wildman–Crippen MR) is 82.1 cm³/mol. The zero-order valence-corrected chi connectivity index (χ0v) is 12.9. The summed E-state index contributed by atoms with van der Waals surface area (Å²) in [6, 6.07) is 3.16. The Morgan fingerprint density at radius 3 is 2.67 bits per heavy atom. The smallest absolute Gasteiger partial charge is 0.232 e. The first-order valence-electron chi connectivity index (χ1n) is 6.94. The second kappa shape index (κ2) is 5.65. The van der Waals surface area contributed by atoms with Gasteiger partial charge in [-0.2, -0.15) is 0 Å². The number of hydrogen-bond donors (Lipinski definition) is 4. The van der Waals surface area contributed by atoms with Crippen molar-refractivity contribution in [2.75, 3.05) is 26.2 Å². The van der Waals surface area contributed by atoms with E-state index in [0.29, 0.717) is 30.1 Å². The van der Waals surface area contributed by atoms with E-state index in [9.17, 15) is 9.90 Å². The monoisotopic (exact) mass is 329 g/mol. The molecular weight excluding hydrogens is 313 g/mol. The fraction of sp³-hybridized carbons (Fsp3) is 0.500. The van der Waals surface area contributed by atoms with Gasteiger partial charge in [0.1, 0.15) is 5.75 Å². The van der Waals surface area contributed by atoms with Crippen molar-refractivity contribution in [2.45, 2.75) is 17.9 Å². The third-order valence-electron chi connectivity index (χ3n) is 4.26. The van der Waals surface area contributed by atoms with E-state index in [1.54, 1.807) is 0 Å². The van der Waals surface area contributed by atoms with Crippen molar-refractivity contribution < 1.29 is 9.90 Å². The van der Waals surface area contributed by atoms with Crippen molar-refractivity contribution in [1.29, 1.82) is 0 Å². The lowest BCUT2D eigenvalue weighted by Crippen LogP contribution is -2.60. The molecule has 0 aromatic heterocycles. The van der Waals surface area contributed by atoms with Crippen molar-refractivity contribution in [3.05, 3.63) is 27.7 Å². The summed E-state index contributed by atoms with van der Waals surface area (Å²) in [6.07, 6.45) is 0.576. The molecule has 1 atom stereocenters. The quantitative estimate of drug-likeness (QED) is 0.668. The number of carbonyl (C=O) groups is 1. The lowest BCUT2D eigenvalue weighted by Gasteiger charge is -2.34. The maximum Gasteiger partial charge on any atom is 0.232 e. The number of benzene rings is 1. The van der Waals surface area contributed by atoms with E-state index in [1.165, 1.54) is 12.1 Å². The molecule has 21 heavy (non-hydrogen) atoms. The van der Waals surface area contributed by atoms with Crippen LogP contribution in [0.5, 0.6) is 5.75 Å². The van der Waals surface area contributed by atoms with E-state index in [0.717, 1.165) is 13.1 Å². The molecule has 7 heteroatoms. The average molecular weight is 330 g/mol. The van der Waals surface area contributed by atoms with Gasteiger partial charge in [0, 0.05) is 25.2 Å². The highest BCUT2D eigenvalue weighted by atomic mass is 35.5. The maximum absolute atomic E-state index is 12.8. The summed E-state index contributed by atoms with van der Waals surface area (Å²) >= 11 is 12.4.